The van der Waals surface area contributed by atoms with Crippen LogP contribution in [0.15, 0.2) is 71.3 Å². The van der Waals surface area contributed by atoms with E-state index in [-0.39, 0.29) is 30.3 Å². The van der Waals surface area contributed by atoms with E-state index in [1.54, 1.807) is 13.1 Å². The molecule has 1 N–H and O–H groups in total. The van der Waals surface area contributed by atoms with Crippen LogP contribution in [0.5, 0.6) is 0 Å². The molecule has 0 aliphatic heterocycles. The molecule has 0 aliphatic rings. The molecular weight excluding hydrogens is 422 g/mol. The minimum Gasteiger partial charge on any atom is -0.459 e. The summed E-state index contributed by atoms with van der Waals surface area (Å²) in [5.74, 6) is -0.789. The monoisotopic (exact) mass is 441 g/mol. The van der Waals surface area contributed by atoms with Gasteiger partial charge in [-0.1, -0.05) is 41.9 Å². The van der Waals surface area contributed by atoms with Gasteiger partial charge in [0, 0.05) is 37.2 Å². The lowest BCUT2D eigenvalue weighted by molar-refractivity contribution is -0.384. The van der Waals surface area contributed by atoms with Crippen LogP contribution < -0.4 is 5.32 Å². The van der Waals surface area contributed by atoms with Crippen LogP contribution in [0.4, 0.5) is 5.69 Å². The molecular formula is C22H20ClN3O5. The number of non-ortho nitro benzene ring substituents is 1. The molecule has 9 heteroatoms. The molecule has 0 saturated heterocycles. The summed E-state index contributed by atoms with van der Waals surface area (Å²) in [7, 11) is 1.55. The summed E-state index contributed by atoms with van der Waals surface area (Å²) in [6, 6.07) is 15.5. The number of rotatable bonds is 8. The summed E-state index contributed by atoms with van der Waals surface area (Å²) in [6.45, 7) is 0.0429. The van der Waals surface area contributed by atoms with E-state index in [4.69, 9.17) is 16.0 Å². The third kappa shape index (κ3) is 5.70. The van der Waals surface area contributed by atoms with Crippen LogP contribution in [-0.2, 0) is 17.8 Å². The van der Waals surface area contributed by atoms with Gasteiger partial charge in [-0.3, -0.25) is 19.7 Å². The summed E-state index contributed by atoms with van der Waals surface area (Å²) < 4.78 is 5.12. The first kappa shape index (κ1) is 22.0. The summed E-state index contributed by atoms with van der Waals surface area (Å²) in [5, 5.41) is 14.1. The second kappa shape index (κ2) is 9.90. The number of hydrogen-bond acceptors (Lipinski definition) is 5. The van der Waals surface area contributed by atoms with Gasteiger partial charge in [-0.2, -0.15) is 0 Å². The minimum atomic E-state index is -0.873. The van der Waals surface area contributed by atoms with Crippen molar-refractivity contribution in [3.05, 3.63) is 99.0 Å². The van der Waals surface area contributed by atoms with Crippen LogP contribution in [0, 0.1) is 10.1 Å². The molecule has 0 bridgehead atoms. The molecule has 3 aromatic rings. The van der Waals surface area contributed by atoms with Crippen molar-refractivity contribution in [3.8, 4) is 0 Å². The van der Waals surface area contributed by atoms with Gasteiger partial charge in [0.1, 0.15) is 6.04 Å². The Kier molecular flexibility index (Phi) is 7.04. The second-order valence-electron chi connectivity index (χ2n) is 6.92. The topological polar surface area (TPSA) is 106 Å². The van der Waals surface area contributed by atoms with Crippen molar-refractivity contribution in [3.63, 3.8) is 0 Å². The lowest BCUT2D eigenvalue weighted by atomic mass is 10.0. The Labute approximate surface area is 183 Å². The molecule has 8 nitrogen and oxygen atoms in total. The SMILES string of the molecule is CN(Cc1cc([N+](=O)[O-])ccc1Cl)C(=O)C(Cc1ccccc1)NC(=O)c1ccco1. The minimum absolute atomic E-state index is 0.0429. The van der Waals surface area contributed by atoms with E-state index < -0.39 is 16.9 Å². The summed E-state index contributed by atoms with van der Waals surface area (Å²) in [5.41, 5.74) is 1.18. The molecule has 160 valence electrons. The Balaban J connectivity index is 1.80. The smallest absolute Gasteiger partial charge is 0.287 e. The number of benzene rings is 2. The lowest BCUT2D eigenvalue weighted by Gasteiger charge is -2.25. The fourth-order valence-corrected chi connectivity index (χ4v) is 3.26. The zero-order chi connectivity index (χ0) is 22.4. The van der Waals surface area contributed by atoms with E-state index in [0.717, 1.165) is 5.56 Å². The van der Waals surface area contributed by atoms with Gasteiger partial charge in [-0.15, -0.1) is 0 Å². The van der Waals surface area contributed by atoms with Crippen LogP contribution in [0.1, 0.15) is 21.7 Å². The first-order valence-electron chi connectivity index (χ1n) is 9.41. The Morgan fingerprint density at radius 2 is 1.90 bits per heavy atom. The highest BCUT2D eigenvalue weighted by molar-refractivity contribution is 6.31. The molecule has 0 radical (unpaired) electrons. The number of carbonyl (C=O) groups is 2. The van der Waals surface area contributed by atoms with Crippen LogP contribution >= 0.6 is 11.6 Å². The van der Waals surface area contributed by atoms with E-state index >= 15 is 0 Å². The molecule has 1 heterocycles. The standard InChI is InChI=1S/C22H20ClN3O5/c1-25(14-16-13-17(26(29)30)9-10-18(16)23)22(28)19(12-15-6-3-2-4-7-15)24-21(27)20-8-5-11-31-20/h2-11,13,19H,12,14H2,1H3,(H,24,27). The normalized spacial score (nSPS) is 11.5. The third-order valence-corrected chi connectivity index (χ3v) is 5.02. The maximum absolute atomic E-state index is 13.2. The number of hydrogen-bond donors (Lipinski definition) is 1. The molecule has 0 spiro atoms. The zero-order valence-corrected chi connectivity index (χ0v) is 17.4. The van der Waals surface area contributed by atoms with Crippen molar-refractivity contribution < 1.29 is 18.9 Å². The molecule has 0 aliphatic carbocycles. The van der Waals surface area contributed by atoms with Crippen molar-refractivity contribution in [1.82, 2.24) is 10.2 Å². The van der Waals surface area contributed by atoms with Crippen LogP contribution in [-0.4, -0.2) is 34.7 Å². The fourth-order valence-electron chi connectivity index (χ4n) is 3.08. The number of amides is 2. The van der Waals surface area contributed by atoms with Gasteiger partial charge >= 0.3 is 0 Å². The van der Waals surface area contributed by atoms with Gasteiger partial charge in [0.05, 0.1) is 11.2 Å². The number of likely N-dealkylation sites (N-methyl/N-ethyl adjacent to an activating group) is 1. The van der Waals surface area contributed by atoms with Gasteiger partial charge in [0.25, 0.3) is 11.6 Å². The summed E-state index contributed by atoms with van der Waals surface area (Å²) >= 11 is 6.17. The molecule has 31 heavy (non-hydrogen) atoms. The van der Waals surface area contributed by atoms with Crippen LogP contribution in [0.25, 0.3) is 0 Å². The highest BCUT2D eigenvalue weighted by atomic mass is 35.5. The second-order valence-corrected chi connectivity index (χ2v) is 7.33. The number of nitrogens with zero attached hydrogens (tertiary/aromatic N) is 2. The van der Waals surface area contributed by atoms with Gasteiger partial charge in [-0.25, -0.2) is 0 Å². The highest BCUT2D eigenvalue weighted by Crippen LogP contribution is 2.23. The third-order valence-electron chi connectivity index (χ3n) is 4.65. The quantitative estimate of drug-likeness (QED) is 0.422. The first-order valence-corrected chi connectivity index (χ1v) is 9.79. The van der Waals surface area contributed by atoms with Crippen LogP contribution in [0.3, 0.4) is 0 Å². The number of carbonyl (C=O) groups excluding carboxylic acids is 2. The van der Waals surface area contributed by atoms with Gasteiger partial charge in [-0.05, 0) is 29.3 Å². The van der Waals surface area contributed by atoms with Crippen molar-refractivity contribution in [2.45, 2.75) is 19.0 Å². The molecule has 0 saturated carbocycles. The molecule has 2 amide bonds. The Morgan fingerprint density at radius 3 is 2.55 bits per heavy atom. The number of nitrogens with one attached hydrogen (secondary N) is 1. The maximum atomic E-state index is 13.2. The fraction of sp³-hybridized carbons (Fsp3) is 0.182. The maximum Gasteiger partial charge on any atom is 0.287 e. The van der Waals surface area contributed by atoms with E-state index in [0.29, 0.717) is 10.6 Å². The van der Waals surface area contributed by atoms with E-state index in [9.17, 15) is 19.7 Å². The Bertz CT molecular complexity index is 1070. The predicted molar refractivity (Wildman–Crippen MR) is 115 cm³/mol. The number of furan rings is 1. The Morgan fingerprint density at radius 1 is 1.16 bits per heavy atom. The highest BCUT2D eigenvalue weighted by Gasteiger charge is 2.26. The van der Waals surface area contributed by atoms with Crippen molar-refractivity contribution >= 4 is 29.1 Å². The molecule has 1 unspecified atom stereocenters. The van der Waals surface area contributed by atoms with Crippen molar-refractivity contribution in [1.29, 1.82) is 0 Å². The zero-order valence-electron chi connectivity index (χ0n) is 16.7. The summed E-state index contributed by atoms with van der Waals surface area (Å²) in [4.78, 5) is 37.6. The molecule has 1 aromatic heterocycles. The Hall–Kier alpha value is -3.65. The molecule has 0 fully saturated rings. The molecule has 1 atom stereocenters. The lowest BCUT2D eigenvalue weighted by Crippen LogP contribution is -2.48. The molecule has 2 aromatic carbocycles. The van der Waals surface area contributed by atoms with E-state index in [1.165, 1.54) is 35.4 Å². The first-order chi connectivity index (χ1) is 14.8. The van der Waals surface area contributed by atoms with E-state index in [1.807, 2.05) is 30.3 Å². The average molecular weight is 442 g/mol. The van der Waals surface area contributed by atoms with Crippen molar-refractivity contribution in [2.75, 3.05) is 7.05 Å². The number of nitro groups is 1. The van der Waals surface area contributed by atoms with Gasteiger partial charge < -0.3 is 14.6 Å². The van der Waals surface area contributed by atoms with Crippen molar-refractivity contribution in [2.24, 2.45) is 0 Å². The number of nitro benzene ring substituents is 1. The van der Waals surface area contributed by atoms with E-state index in [2.05, 4.69) is 5.32 Å². The van der Waals surface area contributed by atoms with Crippen LogP contribution in [0.2, 0.25) is 5.02 Å². The van der Waals surface area contributed by atoms with Gasteiger partial charge in [0.2, 0.25) is 5.91 Å². The summed E-state index contributed by atoms with van der Waals surface area (Å²) in [6.07, 6.45) is 1.64. The average Bonchev–Trinajstić information content (AvgIpc) is 3.30. The van der Waals surface area contributed by atoms with Gasteiger partial charge in [0.15, 0.2) is 5.76 Å². The largest absolute Gasteiger partial charge is 0.459 e. The predicted octanol–water partition coefficient (Wildman–Crippen LogP) is 3.84. The molecule has 3 rings (SSSR count). The number of halogens is 1.